The molecule has 0 saturated heterocycles. The highest BCUT2D eigenvalue weighted by Crippen LogP contribution is 2.30. The van der Waals surface area contributed by atoms with Crippen LogP contribution in [0.3, 0.4) is 0 Å². The van der Waals surface area contributed by atoms with E-state index in [4.69, 9.17) is 14.2 Å². The number of benzene rings is 1. The van der Waals surface area contributed by atoms with Crippen LogP contribution in [0, 0.1) is 0 Å². The van der Waals surface area contributed by atoms with Crippen LogP contribution in [0.15, 0.2) is 18.2 Å². The maximum atomic E-state index is 5.52. The second-order valence-corrected chi connectivity index (χ2v) is 3.55. The average molecular weight is 239 g/mol. The minimum Gasteiger partial charge on any atom is -0.493 e. The highest BCUT2D eigenvalue weighted by Gasteiger charge is 2.08. The number of rotatable bonds is 8. The summed E-state index contributed by atoms with van der Waals surface area (Å²) in [4.78, 5) is 0. The molecule has 0 aliphatic heterocycles. The van der Waals surface area contributed by atoms with Crippen LogP contribution in [0.25, 0.3) is 0 Å². The van der Waals surface area contributed by atoms with Gasteiger partial charge in [-0.2, -0.15) is 0 Å². The monoisotopic (exact) mass is 239 g/mol. The molecule has 1 aromatic carbocycles. The Kier molecular flexibility index (Phi) is 6.43. The van der Waals surface area contributed by atoms with E-state index in [0.29, 0.717) is 13.2 Å². The van der Waals surface area contributed by atoms with Crippen LogP contribution in [-0.2, 0) is 11.3 Å². The highest BCUT2D eigenvalue weighted by atomic mass is 16.5. The van der Waals surface area contributed by atoms with E-state index >= 15 is 0 Å². The fourth-order valence-corrected chi connectivity index (χ4v) is 1.60. The minimum atomic E-state index is 0.636. The number of ether oxygens (including phenoxy) is 3. The Labute approximate surface area is 103 Å². The Hall–Kier alpha value is -1.26. The van der Waals surface area contributed by atoms with Crippen molar-refractivity contribution in [2.45, 2.75) is 13.5 Å². The third kappa shape index (κ3) is 4.24. The molecule has 0 aliphatic carbocycles. The van der Waals surface area contributed by atoms with E-state index in [1.54, 1.807) is 14.2 Å². The molecule has 1 rings (SSSR count). The number of hydrogen-bond donors (Lipinski definition) is 1. The molecule has 4 heteroatoms. The third-order valence-electron chi connectivity index (χ3n) is 2.36. The lowest BCUT2D eigenvalue weighted by Crippen LogP contribution is -2.19. The van der Waals surface area contributed by atoms with Crippen molar-refractivity contribution in [2.75, 3.05) is 34.0 Å². The number of methoxy groups -OCH3 is 2. The maximum absolute atomic E-state index is 5.52. The molecule has 0 bridgehead atoms. The van der Waals surface area contributed by atoms with Gasteiger partial charge < -0.3 is 19.5 Å². The van der Waals surface area contributed by atoms with Gasteiger partial charge in [0, 0.05) is 25.8 Å². The van der Waals surface area contributed by atoms with Gasteiger partial charge in [0.25, 0.3) is 0 Å². The summed E-state index contributed by atoms with van der Waals surface area (Å²) in [5, 5.41) is 3.29. The molecule has 0 saturated carbocycles. The lowest BCUT2D eigenvalue weighted by molar-refractivity contribution is 0.199. The summed E-state index contributed by atoms with van der Waals surface area (Å²) in [5.74, 6) is 1.60. The van der Waals surface area contributed by atoms with E-state index in [2.05, 4.69) is 5.32 Å². The van der Waals surface area contributed by atoms with Gasteiger partial charge in [-0.05, 0) is 13.0 Å². The number of para-hydroxylation sites is 1. The van der Waals surface area contributed by atoms with Crippen LogP contribution in [0.5, 0.6) is 11.5 Å². The number of hydrogen-bond acceptors (Lipinski definition) is 4. The zero-order valence-corrected chi connectivity index (χ0v) is 10.8. The van der Waals surface area contributed by atoms with Crippen molar-refractivity contribution in [3.8, 4) is 11.5 Å². The molecule has 4 nitrogen and oxygen atoms in total. The molecule has 0 aliphatic rings. The van der Waals surface area contributed by atoms with Gasteiger partial charge >= 0.3 is 0 Å². The van der Waals surface area contributed by atoms with Crippen molar-refractivity contribution in [1.82, 2.24) is 5.32 Å². The predicted octanol–water partition coefficient (Wildman–Crippen LogP) is 1.83. The second kappa shape index (κ2) is 7.92. The van der Waals surface area contributed by atoms with Crippen molar-refractivity contribution in [3.63, 3.8) is 0 Å². The van der Waals surface area contributed by atoms with Gasteiger partial charge in [-0.15, -0.1) is 0 Å². The molecular formula is C13H21NO3. The molecule has 1 N–H and O–H groups in total. The summed E-state index contributed by atoms with van der Waals surface area (Å²) in [6.45, 7) is 4.86. The summed E-state index contributed by atoms with van der Waals surface area (Å²) >= 11 is 0. The Morgan fingerprint density at radius 2 is 2.06 bits per heavy atom. The van der Waals surface area contributed by atoms with Crippen molar-refractivity contribution in [2.24, 2.45) is 0 Å². The van der Waals surface area contributed by atoms with Gasteiger partial charge in [-0.3, -0.25) is 0 Å². The standard InChI is InChI=1S/C13H21NO3/c1-4-17-12-7-5-6-11(13(12)16-3)10-14-8-9-15-2/h5-7,14H,4,8-10H2,1-3H3. The zero-order valence-electron chi connectivity index (χ0n) is 10.8. The first-order chi connectivity index (χ1) is 8.33. The molecular weight excluding hydrogens is 218 g/mol. The van der Waals surface area contributed by atoms with E-state index in [9.17, 15) is 0 Å². The smallest absolute Gasteiger partial charge is 0.165 e. The van der Waals surface area contributed by atoms with Gasteiger partial charge in [-0.1, -0.05) is 12.1 Å². The lowest BCUT2D eigenvalue weighted by atomic mass is 10.2. The van der Waals surface area contributed by atoms with Crippen molar-refractivity contribution >= 4 is 0 Å². The van der Waals surface area contributed by atoms with Crippen LogP contribution in [-0.4, -0.2) is 34.0 Å². The van der Waals surface area contributed by atoms with Crippen LogP contribution in [0.2, 0.25) is 0 Å². The van der Waals surface area contributed by atoms with E-state index in [1.165, 1.54) is 0 Å². The molecule has 0 amide bonds. The normalized spacial score (nSPS) is 10.3. The Morgan fingerprint density at radius 1 is 1.24 bits per heavy atom. The summed E-state index contributed by atoms with van der Waals surface area (Å²) in [6, 6.07) is 5.92. The van der Waals surface area contributed by atoms with Crippen molar-refractivity contribution in [1.29, 1.82) is 0 Å². The van der Waals surface area contributed by atoms with E-state index < -0.39 is 0 Å². The Bertz CT molecular complexity index is 328. The lowest BCUT2D eigenvalue weighted by Gasteiger charge is -2.14. The molecule has 96 valence electrons. The largest absolute Gasteiger partial charge is 0.493 e. The third-order valence-corrected chi connectivity index (χ3v) is 2.36. The van der Waals surface area contributed by atoms with Crippen LogP contribution in [0.1, 0.15) is 12.5 Å². The van der Waals surface area contributed by atoms with Crippen molar-refractivity contribution in [3.05, 3.63) is 23.8 Å². The van der Waals surface area contributed by atoms with E-state index in [-0.39, 0.29) is 0 Å². The summed E-state index contributed by atoms with van der Waals surface area (Å²) in [6.07, 6.45) is 0. The summed E-state index contributed by atoms with van der Waals surface area (Å²) < 4.78 is 15.9. The van der Waals surface area contributed by atoms with Crippen LogP contribution >= 0.6 is 0 Å². The van der Waals surface area contributed by atoms with Gasteiger partial charge in [0.1, 0.15) is 0 Å². The molecule has 0 fully saturated rings. The molecule has 17 heavy (non-hydrogen) atoms. The highest BCUT2D eigenvalue weighted by molar-refractivity contribution is 5.46. The molecule has 0 heterocycles. The zero-order chi connectivity index (χ0) is 12.5. The average Bonchev–Trinajstić information content (AvgIpc) is 2.35. The topological polar surface area (TPSA) is 39.7 Å². The van der Waals surface area contributed by atoms with Crippen LogP contribution in [0.4, 0.5) is 0 Å². The van der Waals surface area contributed by atoms with Crippen LogP contribution < -0.4 is 14.8 Å². The fraction of sp³-hybridized carbons (Fsp3) is 0.538. The van der Waals surface area contributed by atoms with Gasteiger partial charge in [0.15, 0.2) is 11.5 Å². The van der Waals surface area contributed by atoms with Crippen molar-refractivity contribution < 1.29 is 14.2 Å². The molecule has 0 spiro atoms. The second-order valence-electron chi connectivity index (χ2n) is 3.55. The Morgan fingerprint density at radius 3 is 2.71 bits per heavy atom. The first-order valence-electron chi connectivity index (χ1n) is 5.81. The Balaban J connectivity index is 2.66. The molecule has 0 unspecified atom stereocenters. The molecule has 1 aromatic rings. The molecule has 0 atom stereocenters. The fourth-order valence-electron chi connectivity index (χ4n) is 1.60. The summed E-state index contributed by atoms with van der Waals surface area (Å²) in [7, 11) is 3.36. The first kappa shape index (κ1) is 13.8. The first-order valence-corrected chi connectivity index (χ1v) is 5.81. The minimum absolute atomic E-state index is 0.636. The van der Waals surface area contributed by atoms with E-state index in [0.717, 1.165) is 30.2 Å². The molecule has 0 aromatic heterocycles. The van der Waals surface area contributed by atoms with Gasteiger partial charge in [-0.25, -0.2) is 0 Å². The predicted molar refractivity (Wildman–Crippen MR) is 67.7 cm³/mol. The van der Waals surface area contributed by atoms with Gasteiger partial charge in [0.2, 0.25) is 0 Å². The van der Waals surface area contributed by atoms with E-state index in [1.807, 2.05) is 25.1 Å². The van der Waals surface area contributed by atoms with Gasteiger partial charge in [0.05, 0.1) is 20.3 Å². The molecule has 0 radical (unpaired) electrons. The summed E-state index contributed by atoms with van der Waals surface area (Å²) in [5.41, 5.74) is 1.09. The number of nitrogens with one attached hydrogen (secondary N) is 1. The maximum Gasteiger partial charge on any atom is 0.165 e. The quantitative estimate of drug-likeness (QED) is 0.703. The SMILES string of the molecule is CCOc1cccc(CNCCOC)c1OC.